The molecule has 0 spiro atoms. The minimum atomic E-state index is -3.46. The van der Waals surface area contributed by atoms with Crippen LogP contribution in [0.3, 0.4) is 0 Å². The third kappa shape index (κ3) is 5.68. The standard InChI is InChI=1S/C23H31N3O3S/c1-18(2)23(19-9-5-3-6-10-19)24-17-22(27)25-20-11-13-21(14-12-20)30(28,29)26-15-7-4-8-16-26/h3,5-6,9-14,18,23-24H,4,7-8,15-17H2,1-2H3,(H,25,27)/t23-/m0/s1. The molecule has 30 heavy (non-hydrogen) atoms. The summed E-state index contributed by atoms with van der Waals surface area (Å²) in [5.41, 5.74) is 1.73. The maximum Gasteiger partial charge on any atom is 0.243 e. The van der Waals surface area contributed by atoms with Gasteiger partial charge in [0, 0.05) is 24.8 Å². The molecule has 1 fully saturated rings. The van der Waals surface area contributed by atoms with Crippen molar-refractivity contribution in [1.82, 2.24) is 9.62 Å². The molecule has 0 aromatic heterocycles. The Kier molecular flexibility index (Phi) is 7.64. The van der Waals surface area contributed by atoms with Gasteiger partial charge in [0.2, 0.25) is 15.9 Å². The van der Waals surface area contributed by atoms with Crippen LogP contribution in [0.15, 0.2) is 59.5 Å². The predicted molar refractivity (Wildman–Crippen MR) is 120 cm³/mol. The van der Waals surface area contributed by atoms with Crippen molar-refractivity contribution in [1.29, 1.82) is 0 Å². The number of carbonyl (C=O) groups is 1. The number of amides is 1. The summed E-state index contributed by atoms with van der Waals surface area (Å²) in [6, 6.07) is 16.6. The molecule has 1 aliphatic heterocycles. The minimum Gasteiger partial charge on any atom is -0.325 e. The minimum absolute atomic E-state index is 0.0778. The molecule has 0 saturated carbocycles. The van der Waals surface area contributed by atoms with E-state index in [9.17, 15) is 13.2 Å². The lowest BCUT2D eigenvalue weighted by Crippen LogP contribution is -2.35. The highest BCUT2D eigenvalue weighted by Gasteiger charge is 2.25. The van der Waals surface area contributed by atoms with Gasteiger partial charge in [-0.05, 0) is 48.6 Å². The molecular formula is C23H31N3O3S. The Hall–Kier alpha value is -2.22. The van der Waals surface area contributed by atoms with Crippen LogP contribution in [-0.2, 0) is 14.8 Å². The zero-order valence-electron chi connectivity index (χ0n) is 17.7. The van der Waals surface area contributed by atoms with Crippen molar-refractivity contribution < 1.29 is 13.2 Å². The first-order valence-electron chi connectivity index (χ1n) is 10.6. The van der Waals surface area contributed by atoms with E-state index >= 15 is 0 Å². The summed E-state index contributed by atoms with van der Waals surface area (Å²) >= 11 is 0. The van der Waals surface area contributed by atoms with E-state index in [1.807, 2.05) is 18.2 Å². The van der Waals surface area contributed by atoms with Gasteiger partial charge in [-0.1, -0.05) is 50.6 Å². The molecule has 1 saturated heterocycles. The molecule has 1 aliphatic rings. The van der Waals surface area contributed by atoms with Crippen molar-refractivity contribution in [2.75, 3.05) is 25.0 Å². The number of anilines is 1. The van der Waals surface area contributed by atoms with Gasteiger partial charge in [0.25, 0.3) is 0 Å². The number of hydrogen-bond donors (Lipinski definition) is 2. The fraction of sp³-hybridized carbons (Fsp3) is 0.435. The van der Waals surface area contributed by atoms with E-state index < -0.39 is 10.0 Å². The maximum absolute atomic E-state index is 12.7. The van der Waals surface area contributed by atoms with Crippen molar-refractivity contribution in [3.8, 4) is 0 Å². The molecule has 1 atom stereocenters. The summed E-state index contributed by atoms with van der Waals surface area (Å²) in [5, 5.41) is 6.16. The van der Waals surface area contributed by atoms with E-state index in [4.69, 9.17) is 0 Å². The van der Waals surface area contributed by atoms with E-state index in [1.54, 1.807) is 28.6 Å². The monoisotopic (exact) mass is 429 g/mol. The molecule has 2 aromatic carbocycles. The largest absolute Gasteiger partial charge is 0.325 e. The Bertz CT molecular complexity index is 922. The number of piperidine rings is 1. The van der Waals surface area contributed by atoms with Crippen LogP contribution in [0.1, 0.15) is 44.7 Å². The third-order valence-corrected chi connectivity index (χ3v) is 7.31. The summed E-state index contributed by atoms with van der Waals surface area (Å²) in [7, 11) is -3.46. The average Bonchev–Trinajstić information content (AvgIpc) is 2.75. The lowest BCUT2D eigenvalue weighted by atomic mass is 9.96. The quantitative estimate of drug-likeness (QED) is 0.669. The van der Waals surface area contributed by atoms with Gasteiger partial charge in [0.05, 0.1) is 11.4 Å². The Morgan fingerprint density at radius 1 is 0.967 bits per heavy atom. The second-order valence-corrected chi connectivity index (χ2v) is 9.99. The van der Waals surface area contributed by atoms with Crippen LogP contribution in [-0.4, -0.2) is 38.3 Å². The summed E-state index contributed by atoms with van der Waals surface area (Å²) in [5.74, 6) is 0.169. The molecule has 0 radical (unpaired) electrons. The van der Waals surface area contributed by atoms with Crippen LogP contribution >= 0.6 is 0 Å². The van der Waals surface area contributed by atoms with Gasteiger partial charge in [-0.3, -0.25) is 4.79 Å². The summed E-state index contributed by atoms with van der Waals surface area (Å²) < 4.78 is 27.0. The van der Waals surface area contributed by atoms with Crippen molar-refractivity contribution in [2.45, 2.75) is 44.0 Å². The van der Waals surface area contributed by atoms with Crippen molar-refractivity contribution in [2.24, 2.45) is 5.92 Å². The normalized spacial score (nSPS) is 16.4. The van der Waals surface area contributed by atoms with Crippen LogP contribution in [0.5, 0.6) is 0 Å². The number of rotatable bonds is 8. The number of benzene rings is 2. The van der Waals surface area contributed by atoms with Crippen molar-refractivity contribution in [3.05, 3.63) is 60.2 Å². The highest BCUT2D eigenvalue weighted by atomic mass is 32.2. The zero-order valence-corrected chi connectivity index (χ0v) is 18.5. The molecule has 0 aliphatic carbocycles. The molecule has 6 nitrogen and oxygen atoms in total. The lowest BCUT2D eigenvalue weighted by molar-refractivity contribution is -0.115. The summed E-state index contributed by atoms with van der Waals surface area (Å²) in [6.07, 6.45) is 2.88. The Labute approximate surface area is 179 Å². The molecule has 7 heteroatoms. The second-order valence-electron chi connectivity index (χ2n) is 8.05. The Morgan fingerprint density at radius 2 is 1.60 bits per heavy atom. The molecule has 0 unspecified atom stereocenters. The number of hydrogen-bond acceptors (Lipinski definition) is 4. The van der Waals surface area contributed by atoms with Gasteiger partial charge in [0.1, 0.15) is 0 Å². The second kappa shape index (κ2) is 10.2. The van der Waals surface area contributed by atoms with Gasteiger partial charge in [-0.15, -0.1) is 0 Å². The Morgan fingerprint density at radius 3 is 2.20 bits per heavy atom. The molecule has 1 amide bonds. The fourth-order valence-corrected chi connectivity index (χ4v) is 5.29. The van der Waals surface area contributed by atoms with Crippen LogP contribution in [0.25, 0.3) is 0 Å². The molecule has 1 heterocycles. The number of carbonyl (C=O) groups excluding carboxylic acids is 1. The van der Waals surface area contributed by atoms with Crippen LogP contribution < -0.4 is 10.6 Å². The van der Waals surface area contributed by atoms with E-state index in [2.05, 4.69) is 36.6 Å². The third-order valence-electron chi connectivity index (χ3n) is 5.40. The fourth-order valence-electron chi connectivity index (χ4n) is 3.77. The van der Waals surface area contributed by atoms with Gasteiger partial charge >= 0.3 is 0 Å². The van der Waals surface area contributed by atoms with Crippen LogP contribution in [0.2, 0.25) is 0 Å². The molecule has 162 valence electrons. The van der Waals surface area contributed by atoms with E-state index in [1.165, 1.54) is 0 Å². The average molecular weight is 430 g/mol. The topological polar surface area (TPSA) is 78.5 Å². The number of nitrogens with zero attached hydrogens (tertiary/aromatic N) is 1. The first-order chi connectivity index (χ1) is 14.4. The van der Waals surface area contributed by atoms with Gasteiger partial charge in [-0.2, -0.15) is 4.31 Å². The molecule has 3 rings (SSSR count). The smallest absolute Gasteiger partial charge is 0.243 e. The SMILES string of the molecule is CC(C)[C@H](NCC(=O)Nc1ccc(S(=O)(=O)N2CCCCC2)cc1)c1ccccc1. The summed E-state index contributed by atoms with van der Waals surface area (Å²) in [4.78, 5) is 12.7. The van der Waals surface area contributed by atoms with Gasteiger partial charge < -0.3 is 10.6 Å². The Balaban J connectivity index is 1.58. The van der Waals surface area contributed by atoms with Gasteiger partial charge in [0.15, 0.2) is 0 Å². The number of sulfonamides is 1. The van der Waals surface area contributed by atoms with Gasteiger partial charge in [-0.25, -0.2) is 8.42 Å². The number of nitrogens with one attached hydrogen (secondary N) is 2. The molecular weight excluding hydrogens is 398 g/mol. The molecule has 2 N–H and O–H groups in total. The highest BCUT2D eigenvalue weighted by Crippen LogP contribution is 2.23. The molecule has 2 aromatic rings. The highest BCUT2D eigenvalue weighted by molar-refractivity contribution is 7.89. The van der Waals surface area contributed by atoms with E-state index in [0.29, 0.717) is 24.7 Å². The van der Waals surface area contributed by atoms with Crippen LogP contribution in [0, 0.1) is 5.92 Å². The first-order valence-corrected chi connectivity index (χ1v) is 12.0. The van der Waals surface area contributed by atoms with E-state index in [-0.39, 0.29) is 23.4 Å². The maximum atomic E-state index is 12.7. The van der Waals surface area contributed by atoms with Crippen LogP contribution in [0.4, 0.5) is 5.69 Å². The summed E-state index contributed by atoms with van der Waals surface area (Å²) in [6.45, 7) is 5.55. The van der Waals surface area contributed by atoms with E-state index in [0.717, 1.165) is 24.8 Å². The first kappa shape index (κ1) is 22.5. The van der Waals surface area contributed by atoms with Crippen molar-refractivity contribution in [3.63, 3.8) is 0 Å². The predicted octanol–water partition coefficient (Wildman–Crippen LogP) is 3.79. The molecule has 0 bridgehead atoms. The lowest BCUT2D eigenvalue weighted by Gasteiger charge is -2.25. The zero-order chi connectivity index (χ0) is 21.6. The van der Waals surface area contributed by atoms with Crippen molar-refractivity contribution >= 4 is 21.6 Å².